The second-order valence-electron chi connectivity index (χ2n) is 15.6. The quantitative estimate of drug-likeness (QED) is 0.0941. The van der Waals surface area contributed by atoms with Crippen molar-refractivity contribution < 1.29 is 29.0 Å². The van der Waals surface area contributed by atoms with Gasteiger partial charge in [0.2, 0.25) is 23.6 Å². The summed E-state index contributed by atoms with van der Waals surface area (Å²) in [6, 6.07) is 35.1. The molecule has 2 aliphatic heterocycles. The van der Waals surface area contributed by atoms with Crippen molar-refractivity contribution in [2.45, 2.75) is 24.2 Å². The van der Waals surface area contributed by atoms with E-state index in [4.69, 9.17) is 16.3 Å². The molecule has 12 heteroatoms. The monoisotopic (exact) mass is 805 g/mol. The van der Waals surface area contributed by atoms with Crippen molar-refractivity contribution in [3.05, 3.63) is 149 Å². The Morgan fingerprint density at radius 3 is 2.08 bits per heavy atom. The van der Waals surface area contributed by atoms with E-state index in [-0.39, 0.29) is 30.4 Å². The van der Waals surface area contributed by atoms with Gasteiger partial charge in [-0.3, -0.25) is 24.1 Å². The molecule has 4 amide bonds. The summed E-state index contributed by atoms with van der Waals surface area (Å²) in [6.45, 7) is 0. The lowest BCUT2D eigenvalue weighted by atomic mass is 9.49. The fourth-order valence-electron chi connectivity index (χ4n) is 9.91. The highest BCUT2D eigenvalue weighted by molar-refractivity contribution is 6.32. The van der Waals surface area contributed by atoms with Crippen LogP contribution in [0, 0.1) is 23.7 Å². The maximum absolute atomic E-state index is 15.5. The number of hydrogen-bond acceptors (Lipinski definition) is 9. The summed E-state index contributed by atoms with van der Waals surface area (Å²) < 4.78 is 5.88. The minimum absolute atomic E-state index is 0.109. The predicted octanol–water partition coefficient (Wildman–Crippen LogP) is 8.90. The number of benzene rings is 5. The average Bonchev–Trinajstić information content (AvgIpc) is 3.64. The number of methoxy groups -OCH3 is 1. The second kappa shape index (κ2) is 14.7. The summed E-state index contributed by atoms with van der Waals surface area (Å²) in [4.78, 5) is 64.1. The van der Waals surface area contributed by atoms with Gasteiger partial charge in [-0.25, -0.2) is 4.90 Å². The molecule has 59 heavy (non-hydrogen) atoms. The third-order valence-corrected chi connectivity index (χ3v) is 12.7. The molecule has 0 spiro atoms. The van der Waals surface area contributed by atoms with E-state index < -0.39 is 46.8 Å². The number of phenolic OH excluding ortho intramolecular Hbond substituents is 1. The molecule has 5 aromatic rings. The third kappa shape index (κ3) is 5.94. The lowest BCUT2D eigenvalue weighted by molar-refractivity contribution is -0.127. The van der Waals surface area contributed by atoms with Gasteiger partial charge < -0.3 is 14.7 Å². The predicted molar refractivity (Wildman–Crippen MR) is 225 cm³/mol. The van der Waals surface area contributed by atoms with Gasteiger partial charge in [0.15, 0.2) is 0 Å². The van der Waals surface area contributed by atoms with Crippen LogP contribution in [-0.4, -0.2) is 49.9 Å². The summed E-state index contributed by atoms with van der Waals surface area (Å²) in [7, 11) is 5.41. The molecule has 0 unspecified atom stereocenters. The van der Waals surface area contributed by atoms with Crippen LogP contribution in [0.2, 0.25) is 5.02 Å². The number of ether oxygens (including phenoxy) is 1. The van der Waals surface area contributed by atoms with Crippen LogP contribution in [-0.2, 0) is 24.6 Å². The second-order valence-corrected chi connectivity index (χ2v) is 16.1. The first-order valence-electron chi connectivity index (χ1n) is 19.5. The topological polar surface area (TPSA) is 132 Å². The molecule has 4 aliphatic rings. The number of rotatable bonds is 8. The van der Waals surface area contributed by atoms with Gasteiger partial charge in [0, 0.05) is 36.3 Å². The number of aromatic hydroxyl groups is 1. The third-order valence-electron chi connectivity index (χ3n) is 12.5. The van der Waals surface area contributed by atoms with Crippen molar-refractivity contribution in [2.24, 2.45) is 33.9 Å². The van der Waals surface area contributed by atoms with Gasteiger partial charge in [0.1, 0.15) is 11.5 Å². The van der Waals surface area contributed by atoms with Gasteiger partial charge in [0.25, 0.3) is 0 Å². The first-order valence-corrected chi connectivity index (χ1v) is 19.8. The fourth-order valence-corrected chi connectivity index (χ4v) is 10.1. The molecule has 0 bridgehead atoms. The zero-order valence-electron chi connectivity index (χ0n) is 32.5. The van der Waals surface area contributed by atoms with Crippen LogP contribution in [0.15, 0.2) is 143 Å². The Bertz CT molecular complexity index is 2580. The van der Waals surface area contributed by atoms with Gasteiger partial charge in [-0.05, 0) is 103 Å². The molecule has 9 rings (SSSR count). The van der Waals surface area contributed by atoms with E-state index in [1.54, 1.807) is 60.7 Å². The number of fused-ring (bicyclic) bond motifs is 4. The number of imide groups is 2. The van der Waals surface area contributed by atoms with Crippen LogP contribution < -0.4 is 19.4 Å². The summed E-state index contributed by atoms with van der Waals surface area (Å²) in [5.41, 5.74) is 3.04. The van der Waals surface area contributed by atoms with Crippen molar-refractivity contribution in [1.29, 1.82) is 0 Å². The summed E-state index contributed by atoms with van der Waals surface area (Å²) in [5.74, 6) is -5.55. The van der Waals surface area contributed by atoms with E-state index in [0.717, 1.165) is 5.69 Å². The molecule has 2 heterocycles. The molecule has 296 valence electrons. The molecule has 2 aliphatic carbocycles. The normalized spacial score (nSPS) is 24.9. The highest BCUT2D eigenvalue weighted by atomic mass is 35.5. The smallest absolute Gasteiger partial charge is 0.246 e. The fraction of sp³-hybridized carbons (Fsp3) is 0.234. The van der Waals surface area contributed by atoms with Gasteiger partial charge in [-0.2, -0.15) is 10.2 Å². The largest absolute Gasteiger partial charge is 0.508 e. The summed E-state index contributed by atoms with van der Waals surface area (Å²) in [5, 5.41) is 20.8. The van der Waals surface area contributed by atoms with E-state index in [1.165, 1.54) is 23.0 Å². The molecule has 0 aromatic heterocycles. The summed E-state index contributed by atoms with van der Waals surface area (Å²) >= 11 is 6.43. The van der Waals surface area contributed by atoms with Gasteiger partial charge in [-0.1, -0.05) is 65.7 Å². The van der Waals surface area contributed by atoms with Crippen molar-refractivity contribution >= 4 is 63.7 Å². The Morgan fingerprint density at radius 2 is 1.42 bits per heavy atom. The highest BCUT2D eigenvalue weighted by Crippen LogP contribution is 2.66. The Morgan fingerprint density at radius 1 is 0.746 bits per heavy atom. The van der Waals surface area contributed by atoms with Crippen LogP contribution in [0.1, 0.15) is 29.9 Å². The minimum Gasteiger partial charge on any atom is -0.508 e. The number of carbonyl (C=O) groups excluding carboxylic acids is 4. The van der Waals surface area contributed by atoms with Crippen molar-refractivity contribution in [3.8, 4) is 11.5 Å². The van der Waals surface area contributed by atoms with E-state index in [9.17, 15) is 14.7 Å². The first-order chi connectivity index (χ1) is 28.5. The molecule has 1 N–H and O–H groups in total. The SMILES string of the molecule is COc1cccc(O)c1[C@H]1C2=CC[C@@H]3C(=O)N(c4ccc(N=Nc5ccc(N(C)C)cc5)cc4)C(=O)[C@@H]3[C@@H]2C[C@H]2C(=O)N(c3cccc(Cl)c3)C(=O)[C@@]12c1ccccc1. The van der Waals surface area contributed by atoms with E-state index in [2.05, 4.69) is 10.2 Å². The number of amides is 4. The number of azo groups is 1. The molecular weight excluding hydrogens is 766 g/mol. The van der Waals surface area contributed by atoms with E-state index in [1.807, 2.05) is 79.7 Å². The zero-order valence-corrected chi connectivity index (χ0v) is 33.3. The lowest BCUT2D eigenvalue weighted by Crippen LogP contribution is -2.53. The minimum atomic E-state index is -1.56. The van der Waals surface area contributed by atoms with Gasteiger partial charge >= 0.3 is 0 Å². The number of allylic oxidation sites excluding steroid dienone is 2. The molecule has 3 fully saturated rings. The van der Waals surface area contributed by atoms with E-state index in [0.29, 0.717) is 50.2 Å². The average molecular weight is 806 g/mol. The number of carbonyl (C=O) groups is 4. The molecule has 5 aromatic carbocycles. The molecule has 0 radical (unpaired) electrons. The van der Waals surface area contributed by atoms with Crippen LogP contribution in [0.25, 0.3) is 0 Å². The maximum Gasteiger partial charge on any atom is 0.246 e. The molecular formula is C47H40ClN5O6. The molecule has 1 saturated carbocycles. The van der Waals surface area contributed by atoms with Crippen molar-refractivity contribution in [3.63, 3.8) is 0 Å². The lowest BCUT2D eigenvalue weighted by Gasteiger charge is -2.51. The van der Waals surface area contributed by atoms with Crippen molar-refractivity contribution in [2.75, 3.05) is 35.9 Å². The van der Waals surface area contributed by atoms with Crippen LogP contribution in [0.5, 0.6) is 11.5 Å². The number of phenols is 1. The number of halogens is 1. The molecule has 11 nitrogen and oxygen atoms in total. The first kappa shape index (κ1) is 38.0. The van der Waals surface area contributed by atoms with Crippen LogP contribution in [0.4, 0.5) is 28.4 Å². The Balaban J connectivity index is 1.13. The van der Waals surface area contributed by atoms with Gasteiger partial charge in [0.05, 0.1) is 53.0 Å². The highest BCUT2D eigenvalue weighted by Gasteiger charge is 2.71. The van der Waals surface area contributed by atoms with Crippen LogP contribution >= 0.6 is 11.6 Å². The number of nitrogens with zero attached hydrogens (tertiary/aromatic N) is 5. The Labute approximate surface area is 346 Å². The molecule has 2 saturated heterocycles. The van der Waals surface area contributed by atoms with E-state index >= 15 is 9.59 Å². The maximum atomic E-state index is 15.5. The zero-order chi connectivity index (χ0) is 41.2. The van der Waals surface area contributed by atoms with Crippen LogP contribution in [0.3, 0.4) is 0 Å². The van der Waals surface area contributed by atoms with Crippen molar-refractivity contribution in [1.82, 2.24) is 0 Å². The molecule has 6 atom stereocenters. The number of hydrogen-bond donors (Lipinski definition) is 1. The standard InChI is InChI=1S/C47H40ClN5O6/c1-51(2)31-19-15-29(16-20-31)49-50-30-17-21-32(22-18-30)52-43(55)35-24-23-34-36(40(35)45(52)57)26-37-44(56)53(33-12-7-11-28(48)25-33)46(58)47(37,27-9-5-4-6-10-27)42(34)41-38(54)13-8-14-39(41)59-3/h4-23,25,35-37,40,42,54H,24,26H2,1-3H3/t35-,36+,37-,40-,42+,47+/m0/s1. The van der Waals surface area contributed by atoms with Gasteiger partial charge in [-0.15, -0.1) is 0 Å². The number of anilines is 3. The summed E-state index contributed by atoms with van der Waals surface area (Å²) in [6.07, 6.45) is 2.28. The Kier molecular flexibility index (Phi) is 9.43. The Hall–Kier alpha value is -6.59.